The van der Waals surface area contributed by atoms with Crippen molar-refractivity contribution in [1.82, 2.24) is 15.1 Å². The van der Waals surface area contributed by atoms with Gasteiger partial charge in [0.2, 0.25) is 5.91 Å². The molecular weight excluding hydrogens is 304 g/mol. The molecule has 0 spiro atoms. The van der Waals surface area contributed by atoms with Gasteiger partial charge in [0.15, 0.2) is 0 Å². The highest BCUT2D eigenvalue weighted by Crippen LogP contribution is 2.23. The normalized spacial score (nSPS) is 19.8. The van der Waals surface area contributed by atoms with Gasteiger partial charge in [-0.1, -0.05) is 30.3 Å². The zero-order chi connectivity index (χ0) is 16.9. The minimum absolute atomic E-state index is 0.0224. The Kier molecular flexibility index (Phi) is 5.35. The van der Waals surface area contributed by atoms with E-state index in [0.29, 0.717) is 12.6 Å². The standard InChI is InChI=1S/C18H26N4O2/c19-17(23)15-7-10-21(11-8-15)16-12-22(13-16)18(24)20-9-6-14-4-2-1-3-5-14/h1-5,15-16H,6-13H2,(H2,19,23)(H,20,24). The van der Waals surface area contributed by atoms with E-state index in [4.69, 9.17) is 5.73 Å². The number of carbonyl (C=O) groups is 2. The van der Waals surface area contributed by atoms with Crippen LogP contribution >= 0.6 is 0 Å². The summed E-state index contributed by atoms with van der Waals surface area (Å²) in [5.74, 6) is -0.151. The summed E-state index contributed by atoms with van der Waals surface area (Å²) in [4.78, 5) is 27.6. The summed E-state index contributed by atoms with van der Waals surface area (Å²) in [6, 6.07) is 10.6. The molecule has 2 aliphatic heterocycles. The van der Waals surface area contributed by atoms with E-state index in [2.05, 4.69) is 22.3 Å². The summed E-state index contributed by atoms with van der Waals surface area (Å²) in [5, 5.41) is 2.99. The van der Waals surface area contributed by atoms with Crippen molar-refractivity contribution in [3.05, 3.63) is 35.9 Å². The molecule has 130 valence electrons. The van der Waals surface area contributed by atoms with Crippen LogP contribution in [0.5, 0.6) is 0 Å². The maximum Gasteiger partial charge on any atom is 0.317 e. The monoisotopic (exact) mass is 330 g/mol. The summed E-state index contributed by atoms with van der Waals surface area (Å²) in [6.07, 6.45) is 2.54. The van der Waals surface area contributed by atoms with Gasteiger partial charge in [-0.05, 0) is 37.9 Å². The highest BCUT2D eigenvalue weighted by Gasteiger charge is 2.36. The van der Waals surface area contributed by atoms with Crippen LogP contribution in [-0.2, 0) is 11.2 Å². The van der Waals surface area contributed by atoms with Crippen molar-refractivity contribution in [2.24, 2.45) is 11.7 Å². The zero-order valence-corrected chi connectivity index (χ0v) is 14.0. The second-order valence-corrected chi connectivity index (χ2v) is 6.74. The predicted octanol–water partition coefficient (Wildman–Crippen LogP) is 0.820. The van der Waals surface area contributed by atoms with Crippen LogP contribution in [0.1, 0.15) is 18.4 Å². The molecular formula is C18H26N4O2. The predicted molar refractivity (Wildman–Crippen MR) is 92.4 cm³/mol. The number of rotatable bonds is 5. The van der Waals surface area contributed by atoms with Gasteiger partial charge in [-0.15, -0.1) is 0 Å². The Morgan fingerprint density at radius 1 is 1.12 bits per heavy atom. The summed E-state index contributed by atoms with van der Waals surface area (Å²) in [5.41, 5.74) is 6.60. The number of hydrogen-bond acceptors (Lipinski definition) is 3. The summed E-state index contributed by atoms with van der Waals surface area (Å²) in [6.45, 7) is 4.02. The Labute approximate surface area is 143 Å². The quantitative estimate of drug-likeness (QED) is 0.839. The van der Waals surface area contributed by atoms with Gasteiger partial charge in [0.25, 0.3) is 0 Å². The Morgan fingerprint density at radius 3 is 2.42 bits per heavy atom. The van der Waals surface area contributed by atoms with E-state index in [1.165, 1.54) is 5.56 Å². The van der Waals surface area contributed by atoms with E-state index in [1.807, 2.05) is 23.1 Å². The number of carbonyl (C=O) groups excluding carboxylic acids is 2. The molecule has 0 aromatic heterocycles. The maximum absolute atomic E-state index is 12.1. The molecule has 2 fully saturated rings. The average Bonchev–Trinajstić information content (AvgIpc) is 2.55. The van der Waals surface area contributed by atoms with Crippen LogP contribution in [0.2, 0.25) is 0 Å². The largest absolute Gasteiger partial charge is 0.369 e. The molecule has 6 nitrogen and oxygen atoms in total. The van der Waals surface area contributed by atoms with E-state index in [0.717, 1.165) is 45.4 Å². The Balaban J connectivity index is 1.33. The molecule has 6 heteroatoms. The number of urea groups is 1. The molecule has 2 saturated heterocycles. The third kappa shape index (κ3) is 4.06. The molecule has 3 amide bonds. The molecule has 0 aliphatic carbocycles. The fourth-order valence-electron chi connectivity index (χ4n) is 3.47. The fraction of sp³-hybridized carbons (Fsp3) is 0.556. The SMILES string of the molecule is NC(=O)C1CCN(C2CN(C(=O)NCCc3ccccc3)C2)CC1. The molecule has 24 heavy (non-hydrogen) atoms. The number of hydrogen-bond donors (Lipinski definition) is 2. The van der Waals surface area contributed by atoms with Crippen LogP contribution in [0.3, 0.4) is 0 Å². The summed E-state index contributed by atoms with van der Waals surface area (Å²) >= 11 is 0. The molecule has 3 N–H and O–H groups in total. The number of benzene rings is 1. The van der Waals surface area contributed by atoms with E-state index in [1.54, 1.807) is 0 Å². The molecule has 3 rings (SSSR count). The molecule has 1 aromatic carbocycles. The number of nitrogens with zero attached hydrogens (tertiary/aromatic N) is 2. The maximum atomic E-state index is 12.1. The molecule has 1 aromatic rings. The van der Waals surface area contributed by atoms with Crippen LogP contribution < -0.4 is 11.1 Å². The number of amides is 3. The molecule has 2 aliphatic rings. The first-order chi connectivity index (χ1) is 11.6. The Hall–Kier alpha value is -2.08. The lowest BCUT2D eigenvalue weighted by atomic mass is 9.94. The number of primary amides is 1. The van der Waals surface area contributed by atoms with Crippen molar-refractivity contribution in [2.45, 2.75) is 25.3 Å². The van der Waals surface area contributed by atoms with Crippen molar-refractivity contribution < 1.29 is 9.59 Å². The van der Waals surface area contributed by atoms with Gasteiger partial charge >= 0.3 is 6.03 Å². The first kappa shape index (κ1) is 16.8. The van der Waals surface area contributed by atoms with Crippen molar-refractivity contribution in [3.63, 3.8) is 0 Å². The third-order valence-electron chi connectivity index (χ3n) is 5.13. The van der Waals surface area contributed by atoms with Crippen molar-refractivity contribution in [1.29, 1.82) is 0 Å². The van der Waals surface area contributed by atoms with Gasteiger partial charge in [0, 0.05) is 31.6 Å². The van der Waals surface area contributed by atoms with Gasteiger partial charge in [-0.2, -0.15) is 0 Å². The van der Waals surface area contributed by atoms with Crippen LogP contribution in [0, 0.1) is 5.92 Å². The van der Waals surface area contributed by atoms with Gasteiger partial charge in [-0.25, -0.2) is 4.79 Å². The van der Waals surface area contributed by atoms with Crippen LogP contribution in [0.15, 0.2) is 30.3 Å². The van der Waals surface area contributed by atoms with Crippen molar-refractivity contribution >= 4 is 11.9 Å². The smallest absolute Gasteiger partial charge is 0.317 e. The molecule has 2 heterocycles. The Bertz CT molecular complexity index is 564. The summed E-state index contributed by atoms with van der Waals surface area (Å²) < 4.78 is 0. The van der Waals surface area contributed by atoms with E-state index in [-0.39, 0.29) is 17.9 Å². The Morgan fingerprint density at radius 2 is 1.79 bits per heavy atom. The first-order valence-corrected chi connectivity index (χ1v) is 8.73. The topological polar surface area (TPSA) is 78.7 Å². The molecule has 0 unspecified atom stereocenters. The lowest BCUT2D eigenvalue weighted by Crippen LogP contribution is -2.64. The third-order valence-corrected chi connectivity index (χ3v) is 5.13. The van der Waals surface area contributed by atoms with Gasteiger partial charge in [-0.3, -0.25) is 9.69 Å². The van der Waals surface area contributed by atoms with Gasteiger partial charge in [0.1, 0.15) is 0 Å². The minimum atomic E-state index is -0.178. The van der Waals surface area contributed by atoms with Gasteiger partial charge < -0.3 is 16.0 Å². The fourth-order valence-corrected chi connectivity index (χ4v) is 3.47. The van der Waals surface area contributed by atoms with Crippen LogP contribution in [0.4, 0.5) is 4.79 Å². The van der Waals surface area contributed by atoms with Crippen molar-refractivity contribution in [2.75, 3.05) is 32.7 Å². The van der Waals surface area contributed by atoms with Crippen LogP contribution in [0.25, 0.3) is 0 Å². The van der Waals surface area contributed by atoms with Crippen molar-refractivity contribution in [3.8, 4) is 0 Å². The molecule has 0 bridgehead atoms. The summed E-state index contributed by atoms with van der Waals surface area (Å²) in [7, 11) is 0. The number of piperidine rings is 1. The second-order valence-electron chi connectivity index (χ2n) is 6.74. The highest BCUT2D eigenvalue weighted by molar-refractivity contribution is 5.76. The zero-order valence-electron chi connectivity index (χ0n) is 14.0. The lowest BCUT2D eigenvalue weighted by molar-refractivity contribution is -0.123. The van der Waals surface area contributed by atoms with Gasteiger partial charge in [0.05, 0.1) is 0 Å². The molecule has 0 atom stereocenters. The number of likely N-dealkylation sites (tertiary alicyclic amines) is 2. The van der Waals surface area contributed by atoms with Crippen LogP contribution in [-0.4, -0.2) is 60.5 Å². The molecule has 0 saturated carbocycles. The van der Waals surface area contributed by atoms with E-state index >= 15 is 0 Å². The number of nitrogens with one attached hydrogen (secondary N) is 1. The van der Waals surface area contributed by atoms with E-state index < -0.39 is 0 Å². The number of nitrogens with two attached hydrogens (primary N) is 1. The molecule has 0 radical (unpaired) electrons. The first-order valence-electron chi connectivity index (χ1n) is 8.73. The van der Waals surface area contributed by atoms with E-state index in [9.17, 15) is 9.59 Å². The second kappa shape index (κ2) is 7.66. The lowest BCUT2D eigenvalue weighted by Gasteiger charge is -2.47. The minimum Gasteiger partial charge on any atom is -0.369 e. The average molecular weight is 330 g/mol. The highest BCUT2D eigenvalue weighted by atomic mass is 16.2.